The van der Waals surface area contributed by atoms with E-state index in [4.69, 9.17) is 5.11 Å². The molecule has 1 aromatic rings. The van der Waals surface area contributed by atoms with Gasteiger partial charge < -0.3 is 10.0 Å². The molecule has 4 nitrogen and oxygen atoms in total. The molecule has 0 spiro atoms. The van der Waals surface area contributed by atoms with Crippen molar-refractivity contribution in [3.05, 3.63) is 10.6 Å². The number of aromatic carboxylic acids is 1. The molecule has 90 valence electrons. The molecule has 1 rings (SSSR count). The van der Waals surface area contributed by atoms with Crippen LogP contribution in [-0.2, 0) is 0 Å². The van der Waals surface area contributed by atoms with E-state index in [0.717, 1.165) is 31.1 Å². The highest BCUT2D eigenvalue weighted by molar-refractivity contribution is 7.17. The van der Waals surface area contributed by atoms with E-state index >= 15 is 0 Å². The summed E-state index contributed by atoms with van der Waals surface area (Å²) in [5, 5.41) is 9.79. The van der Waals surface area contributed by atoms with Gasteiger partial charge in [0.1, 0.15) is 4.88 Å². The summed E-state index contributed by atoms with van der Waals surface area (Å²) in [6.45, 7) is 7.76. The fourth-order valence-corrected chi connectivity index (χ4v) is 2.45. The van der Waals surface area contributed by atoms with Crippen LogP contribution in [-0.4, -0.2) is 29.1 Å². The van der Waals surface area contributed by atoms with Crippen molar-refractivity contribution in [3.63, 3.8) is 0 Å². The van der Waals surface area contributed by atoms with Crippen LogP contribution in [0.25, 0.3) is 0 Å². The Hall–Kier alpha value is -1.10. The highest BCUT2D eigenvalue weighted by Crippen LogP contribution is 2.26. The molecule has 0 saturated heterocycles. The van der Waals surface area contributed by atoms with Crippen molar-refractivity contribution in [1.82, 2.24) is 4.98 Å². The van der Waals surface area contributed by atoms with E-state index in [1.807, 2.05) is 0 Å². The Morgan fingerprint density at radius 3 is 2.62 bits per heavy atom. The first-order chi connectivity index (χ1) is 7.60. The highest BCUT2D eigenvalue weighted by atomic mass is 32.1. The maximum absolute atomic E-state index is 10.9. The fraction of sp³-hybridized carbons (Fsp3) is 0.636. The minimum atomic E-state index is -0.882. The number of hydrogen-bond acceptors (Lipinski definition) is 4. The summed E-state index contributed by atoms with van der Waals surface area (Å²) in [6.07, 6.45) is 2.24. The van der Waals surface area contributed by atoms with Crippen molar-refractivity contribution in [2.45, 2.75) is 33.6 Å². The zero-order chi connectivity index (χ0) is 12.1. The second kappa shape index (κ2) is 5.84. The van der Waals surface area contributed by atoms with Crippen molar-refractivity contribution in [2.75, 3.05) is 18.0 Å². The first-order valence-corrected chi connectivity index (χ1v) is 6.37. The van der Waals surface area contributed by atoms with Crippen LogP contribution in [0.3, 0.4) is 0 Å². The number of hydrogen-bond donors (Lipinski definition) is 1. The van der Waals surface area contributed by atoms with Crippen LogP contribution in [0.4, 0.5) is 5.13 Å². The molecule has 0 aromatic carbocycles. The van der Waals surface area contributed by atoms with Crippen molar-refractivity contribution in [1.29, 1.82) is 0 Å². The van der Waals surface area contributed by atoms with Gasteiger partial charge in [-0.15, -0.1) is 0 Å². The molecule has 0 amide bonds. The van der Waals surface area contributed by atoms with Gasteiger partial charge >= 0.3 is 5.97 Å². The van der Waals surface area contributed by atoms with Crippen LogP contribution < -0.4 is 4.90 Å². The number of anilines is 1. The minimum Gasteiger partial charge on any atom is -0.477 e. The first-order valence-electron chi connectivity index (χ1n) is 5.55. The van der Waals surface area contributed by atoms with Gasteiger partial charge in [-0.3, -0.25) is 0 Å². The van der Waals surface area contributed by atoms with Gasteiger partial charge in [0.25, 0.3) is 0 Å². The lowest BCUT2D eigenvalue weighted by Crippen LogP contribution is -2.23. The molecule has 5 heteroatoms. The number of carbonyl (C=O) groups is 1. The third-order valence-electron chi connectivity index (χ3n) is 2.41. The average Bonchev–Trinajstić information content (AvgIpc) is 2.62. The Balaban J connectivity index is 2.85. The Kier molecular flexibility index (Phi) is 4.73. The summed E-state index contributed by atoms with van der Waals surface area (Å²) in [6, 6.07) is 0. The molecule has 0 bridgehead atoms. The fourth-order valence-electron chi connectivity index (χ4n) is 1.45. The summed E-state index contributed by atoms with van der Waals surface area (Å²) in [5.41, 5.74) is 0.613. The molecular weight excluding hydrogens is 224 g/mol. The quantitative estimate of drug-likeness (QED) is 0.833. The molecule has 1 aromatic heterocycles. The van der Waals surface area contributed by atoms with E-state index in [2.05, 4.69) is 23.7 Å². The van der Waals surface area contributed by atoms with Crippen molar-refractivity contribution in [3.8, 4) is 0 Å². The van der Waals surface area contributed by atoms with Crippen LogP contribution >= 0.6 is 11.3 Å². The molecule has 0 radical (unpaired) electrons. The van der Waals surface area contributed by atoms with Gasteiger partial charge in [0.05, 0.1) is 5.69 Å². The number of carboxylic acid groups (broad SMARTS) is 1. The number of nitrogens with zero attached hydrogens (tertiary/aromatic N) is 2. The number of carboxylic acids is 1. The summed E-state index contributed by atoms with van der Waals surface area (Å²) in [5.74, 6) is -0.882. The molecule has 1 N–H and O–H groups in total. The van der Waals surface area contributed by atoms with E-state index in [1.165, 1.54) is 11.3 Å². The third-order valence-corrected chi connectivity index (χ3v) is 3.62. The average molecular weight is 242 g/mol. The Morgan fingerprint density at radius 1 is 1.50 bits per heavy atom. The Morgan fingerprint density at radius 2 is 2.19 bits per heavy atom. The third kappa shape index (κ3) is 2.95. The standard InChI is InChI=1S/C11H18N2O2S/c1-4-6-7-13(5-2)11-12-8(3)9(16-11)10(14)15/h4-7H2,1-3H3,(H,14,15). The second-order valence-corrected chi connectivity index (χ2v) is 4.63. The van der Waals surface area contributed by atoms with E-state index < -0.39 is 5.97 Å². The lowest BCUT2D eigenvalue weighted by Gasteiger charge is -2.18. The monoisotopic (exact) mass is 242 g/mol. The van der Waals surface area contributed by atoms with E-state index in [-0.39, 0.29) is 0 Å². The maximum Gasteiger partial charge on any atom is 0.347 e. The molecule has 16 heavy (non-hydrogen) atoms. The van der Waals surface area contributed by atoms with Crippen LogP contribution in [0.5, 0.6) is 0 Å². The number of thiazole rings is 1. The van der Waals surface area contributed by atoms with Crippen LogP contribution in [0.1, 0.15) is 42.1 Å². The van der Waals surface area contributed by atoms with Crippen molar-refractivity contribution >= 4 is 22.4 Å². The van der Waals surface area contributed by atoms with E-state index in [9.17, 15) is 4.79 Å². The smallest absolute Gasteiger partial charge is 0.347 e. The summed E-state index contributed by atoms with van der Waals surface area (Å²) < 4.78 is 0. The predicted molar refractivity (Wildman–Crippen MR) is 66.6 cm³/mol. The van der Waals surface area contributed by atoms with Crippen molar-refractivity contribution < 1.29 is 9.90 Å². The van der Waals surface area contributed by atoms with Crippen LogP contribution in [0.2, 0.25) is 0 Å². The van der Waals surface area contributed by atoms with E-state index in [0.29, 0.717) is 10.6 Å². The number of rotatable bonds is 6. The lowest BCUT2D eigenvalue weighted by molar-refractivity contribution is 0.0701. The molecule has 0 aliphatic carbocycles. The van der Waals surface area contributed by atoms with E-state index in [1.54, 1.807) is 6.92 Å². The van der Waals surface area contributed by atoms with Crippen molar-refractivity contribution in [2.24, 2.45) is 0 Å². The topological polar surface area (TPSA) is 53.4 Å². The zero-order valence-electron chi connectivity index (χ0n) is 9.99. The molecular formula is C11H18N2O2S. The molecule has 0 fully saturated rings. The van der Waals surface area contributed by atoms with Gasteiger partial charge in [-0.2, -0.15) is 0 Å². The highest BCUT2D eigenvalue weighted by Gasteiger charge is 2.16. The normalized spacial score (nSPS) is 10.4. The number of aryl methyl sites for hydroxylation is 1. The molecule has 1 heterocycles. The zero-order valence-corrected chi connectivity index (χ0v) is 10.8. The van der Waals surface area contributed by atoms with Gasteiger partial charge in [-0.1, -0.05) is 24.7 Å². The predicted octanol–water partition coefficient (Wildman–Crippen LogP) is 2.78. The Bertz CT molecular complexity index is 363. The number of unbranched alkanes of at least 4 members (excludes halogenated alkanes) is 1. The summed E-state index contributed by atoms with van der Waals surface area (Å²) in [7, 11) is 0. The summed E-state index contributed by atoms with van der Waals surface area (Å²) >= 11 is 1.27. The molecule has 0 unspecified atom stereocenters. The van der Waals surface area contributed by atoms with Gasteiger partial charge in [0.2, 0.25) is 0 Å². The molecule has 0 atom stereocenters. The molecule has 0 aliphatic heterocycles. The second-order valence-electron chi connectivity index (χ2n) is 3.65. The van der Waals surface area contributed by atoms with Gasteiger partial charge in [0.15, 0.2) is 5.13 Å². The SMILES string of the molecule is CCCCN(CC)c1nc(C)c(C(=O)O)s1. The summed E-state index contributed by atoms with van der Waals surface area (Å²) in [4.78, 5) is 17.7. The van der Waals surface area contributed by atoms with Crippen LogP contribution in [0.15, 0.2) is 0 Å². The van der Waals surface area contributed by atoms with Gasteiger partial charge in [0, 0.05) is 13.1 Å². The largest absolute Gasteiger partial charge is 0.477 e. The maximum atomic E-state index is 10.9. The lowest BCUT2D eigenvalue weighted by atomic mass is 10.3. The van der Waals surface area contributed by atoms with Gasteiger partial charge in [-0.05, 0) is 20.3 Å². The Labute approximate surface area is 99.9 Å². The number of aromatic nitrogens is 1. The first kappa shape index (κ1) is 13.0. The molecule has 0 saturated carbocycles. The minimum absolute atomic E-state index is 0.352. The van der Waals surface area contributed by atoms with Crippen LogP contribution in [0, 0.1) is 6.92 Å². The van der Waals surface area contributed by atoms with Gasteiger partial charge in [-0.25, -0.2) is 9.78 Å². The molecule has 0 aliphatic rings.